The highest BCUT2D eigenvalue weighted by atomic mass is 16.6. The molecule has 4 aromatic carbocycles. The first-order chi connectivity index (χ1) is 20.2. The smallest absolute Gasteiger partial charge is 0.408 e. The second-order valence-electron chi connectivity index (χ2n) is 11.2. The second kappa shape index (κ2) is 11.2. The van der Waals surface area contributed by atoms with Crippen LogP contribution in [0.2, 0.25) is 0 Å². The Morgan fingerprint density at radius 3 is 2.24 bits per heavy atom. The summed E-state index contributed by atoms with van der Waals surface area (Å²) in [4.78, 5) is 29.8. The van der Waals surface area contributed by atoms with Crippen LogP contribution in [0, 0.1) is 22.7 Å². The van der Waals surface area contributed by atoms with Gasteiger partial charge in [-0.3, -0.25) is 4.79 Å². The van der Waals surface area contributed by atoms with Crippen molar-refractivity contribution in [2.24, 2.45) is 0 Å². The van der Waals surface area contributed by atoms with Crippen LogP contribution in [-0.4, -0.2) is 17.6 Å². The molecule has 1 aliphatic heterocycles. The van der Waals surface area contributed by atoms with Gasteiger partial charge in [0.05, 0.1) is 12.2 Å². The highest BCUT2D eigenvalue weighted by molar-refractivity contribution is 6.10. The number of para-hydroxylation sites is 1. The summed E-state index contributed by atoms with van der Waals surface area (Å²) in [5.41, 5.74) is 0.492. The van der Waals surface area contributed by atoms with E-state index in [1.807, 2.05) is 97.1 Å². The van der Waals surface area contributed by atoms with E-state index in [2.05, 4.69) is 5.32 Å². The molecule has 0 aromatic heterocycles. The Labute approximate surface area is 245 Å². The monoisotopic (exact) mass is 554 g/mol. The summed E-state index contributed by atoms with van der Waals surface area (Å²) in [5, 5.41) is 24.8. The molecule has 1 atom stereocenters. The Morgan fingerprint density at radius 1 is 0.881 bits per heavy atom. The van der Waals surface area contributed by atoms with Crippen LogP contribution in [-0.2, 0) is 21.6 Å². The lowest BCUT2D eigenvalue weighted by atomic mass is 9.80. The molecule has 208 valence electrons. The Bertz CT molecular complexity index is 1770. The van der Waals surface area contributed by atoms with Gasteiger partial charge in [-0.15, -0.1) is 0 Å². The number of hydrogen-bond donors (Lipinski definition) is 1. The number of rotatable bonds is 6. The van der Waals surface area contributed by atoms with Gasteiger partial charge in [0.2, 0.25) is 0 Å². The molecule has 0 spiro atoms. The number of fused-ring (bicyclic) bond motifs is 2. The number of anilines is 1. The molecule has 1 aliphatic rings. The van der Waals surface area contributed by atoms with Crippen LogP contribution < -0.4 is 10.2 Å². The zero-order valence-electron chi connectivity index (χ0n) is 23.7. The number of allylic oxidation sites excluding steroid dienone is 1. The molecule has 0 unspecified atom stereocenters. The van der Waals surface area contributed by atoms with Gasteiger partial charge in [-0.05, 0) is 54.3 Å². The van der Waals surface area contributed by atoms with Crippen molar-refractivity contribution in [1.82, 2.24) is 5.32 Å². The second-order valence-corrected chi connectivity index (χ2v) is 11.2. The summed E-state index contributed by atoms with van der Waals surface area (Å²) >= 11 is 0. The Morgan fingerprint density at radius 2 is 1.52 bits per heavy atom. The van der Waals surface area contributed by atoms with Crippen LogP contribution >= 0.6 is 0 Å². The molecule has 1 heterocycles. The van der Waals surface area contributed by atoms with Crippen molar-refractivity contribution >= 4 is 34.0 Å². The largest absolute Gasteiger partial charge is 0.444 e. The summed E-state index contributed by atoms with van der Waals surface area (Å²) in [6.45, 7) is 5.51. The molecule has 0 saturated heterocycles. The first kappa shape index (κ1) is 28.1. The average molecular weight is 555 g/mol. The number of alkyl carbamates (subject to hydrolysis) is 1. The van der Waals surface area contributed by atoms with E-state index >= 15 is 0 Å². The van der Waals surface area contributed by atoms with Crippen LogP contribution in [0.15, 0.2) is 103 Å². The van der Waals surface area contributed by atoms with Crippen molar-refractivity contribution in [3.63, 3.8) is 0 Å². The minimum atomic E-state index is -1.65. The predicted octanol–water partition coefficient (Wildman–Crippen LogP) is 7.00. The first-order valence-corrected chi connectivity index (χ1v) is 13.6. The van der Waals surface area contributed by atoms with Crippen molar-refractivity contribution in [1.29, 1.82) is 10.5 Å². The summed E-state index contributed by atoms with van der Waals surface area (Å²) in [7, 11) is 0. The minimum absolute atomic E-state index is 0.136. The lowest BCUT2D eigenvalue weighted by Crippen LogP contribution is -2.54. The van der Waals surface area contributed by atoms with Crippen molar-refractivity contribution in [2.75, 3.05) is 4.90 Å². The normalized spacial score (nSPS) is 15.8. The van der Waals surface area contributed by atoms with E-state index in [0.717, 1.165) is 16.3 Å². The standard InChI is InChI=1S/C35H30N4O3/c1-34(2,3)42-33(41)38-35(20-29(26(21-36)22-37)28-17-11-15-25-14-7-8-16-27(25)28)30-18-9-10-19-31(30)39(32(35)40)23-24-12-5-4-6-13-24/h4-19H,20,23H2,1-3H3,(H,38,41)/t35-/m1/s1. The SMILES string of the molecule is CC(C)(C)OC(=O)N[C@@]1(CC(=C(C#N)C#N)c2cccc3ccccc23)C(=O)N(Cc2ccccc2)c2ccccc21. The zero-order valence-corrected chi connectivity index (χ0v) is 23.7. The van der Waals surface area contributed by atoms with Gasteiger partial charge in [-0.2, -0.15) is 10.5 Å². The Hall–Kier alpha value is -5.40. The van der Waals surface area contributed by atoms with Crippen molar-refractivity contribution < 1.29 is 14.3 Å². The van der Waals surface area contributed by atoms with Gasteiger partial charge >= 0.3 is 6.09 Å². The molecule has 7 nitrogen and oxygen atoms in total. The Kier molecular flexibility index (Phi) is 7.53. The molecule has 2 amide bonds. The summed E-state index contributed by atoms with van der Waals surface area (Å²) in [6.07, 6.45) is -0.919. The zero-order chi connectivity index (χ0) is 29.9. The van der Waals surface area contributed by atoms with E-state index in [9.17, 15) is 20.1 Å². The van der Waals surface area contributed by atoms with Gasteiger partial charge in [-0.1, -0.05) is 91.0 Å². The van der Waals surface area contributed by atoms with Gasteiger partial charge in [0.15, 0.2) is 5.54 Å². The number of hydrogen-bond acceptors (Lipinski definition) is 5. The number of ether oxygens (including phenoxy) is 1. The molecular formula is C35H30N4O3. The lowest BCUT2D eigenvalue weighted by molar-refractivity contribution is -0.124. The van der Waals surface area contributed by atoms with Gasteiger partial charge < -0.3 is 15.0 Å². The van der Waals surface area contributed by atoms with Gasteiger partial charge in [0, 0.05) is 12.0 Å². The lowest BCUT2D eigenvalue weighted by Gasteiger charge is -2.32. The van der Waals surface area contributed by atoms with Crippen LogP contribution in [0.25, 0.3) is 16.3 Å². The van der Waals surface area contributed by atoms with E-state index in [-0.39, 0.29) is 24.4 Å². The maximum Gasteiger partial charge on any atom is 0.408 e. The fourth-order valence-corrected chi connectivity index (χ4v) is 5.49. The fraction of sp³-hybridized carbons (Fsp3) is 0.200. The molecular weight excluding hydrogens is 524 g/mol. The molecule has 0 radical (unpaired) electrons. The van der Waals surface area contributed by atoms with Crippen LogP contribution in [0.1, 0.15) is 43.9 Å². The number of nitrogens with zero attached hydrogens (tertiary/aromatic N) is 3. The van der Waals surface area contributed by atoms with E-state index < -0.39 is 17.2 Å². The van der Waals surface area contributed by atoms with E-state index in [4.69, 9.17) is 4.74 Å². The Balaban J connectivity index is 1.73. The summed E-state index contributed by atoms with van der Waals surface area (Å²) in [5.74, 6) is -0.383. The highest BCUT2D eigenvalue weighted by Gasteiger charge is 2.53. The van der Waals surface area contributed by atoms with Crippen molar-refractivity contribution in [3.8, 4) is 12.1 Å². The van der Waals surface area contributed by atoms with Crippen LogP contribution in [0.5, 0.6) is 0 Å². The summed E-state index contributed by atoms with van der Waals surface area (Å²) < 4.78 is 5.65. The van der Waals surface area contributed by atoms with Crippen molar-refractivity contribution in [3.05, 3.63) is 119 Å². The van der Waals surface area contributed by atoms with Crippen molar-refractivity contribution in [2.45, 2.75) is 44.9 Å². The third-order valence-corrected chi connectivity index (χ3v) is 7.24. The number of amides is 2. The third-order valence-electron chi connectivity index (χ3n) is 7.24. The average Bonchev–Trinajstić information content (AvgIpc) is 3.19. The third kappa shape index (κ3) is 5.33. The van der Waals surface area contributed by atoms with Gasteiger partial charge in [0.1, 0.15) is 23.3 Å². The minimum Gasteiger partial charge on any atom is -0.444 e. The molecule has 0 fully saturated rings. The molecule has 4 aromatic rings. The maximum absolute atomic E-state index is 14.7. The number of carbonyl (C=O) groups is 2. The maximum atomic E-state index is 14.7. The topological polar surface area (TPSA) is 106 Å². The fourth-order valence-electron chi connectivity index (χ4n) is 5.49. The molecule has 1 N–H and O–H groups in total. The first-order valence-electron chi connectivity index (χ1n) is 13.6. The van der Waals surface area contributed by atoms with E-state index in [1.54, 1.807) is 37.8 Å². The van der Waals surface area contributed by atoms with E-state index in [0.29, 0.717) is 22.4 Å². The number of nitriles is 2. The van der Waals surface area contributed by atoms with Gasteiger partial charge in [-0.25, -0.2) is 4.79 Å². The number of carbonyl (C=O) groups excluding carboxylic acids is 2. The molecule has 0 bridgehead atoms. The van der Waals surface area contributed by atoms with E-state index in [1.165, 1.54) is 0 Å². The number of nitrogens with one attached hydrogen (secondary N) is 1. The predicted molar refractivity (Wildman–Crippen MR) is 162 cm³/mol. The summed E-state index contributed by atoms with van der Waals surface area (Å²) in [6, 6.07) is 34.2. The quantitative estimate of drug-likeness (QED) is 0.258. The highest BCUT2D eigenvalue weighted by Crippen LogP contribution is 2.47. The molecule has 0 saturated carbocycles. The van der Waals surface area contributed by atoms with Crippen LogP contribution in [0.3, 0.4) is 0 Å². The molecule has 7 heteroatoms. The molecule has 5 rings (SSSR count). The molecule has 42 heavy (non-hydrogen) atoms. The molecule has 0 aliphatic carbocycles. The number of benzene rings is 4. The van der Waals surface area contributed by atoms with Crippen LogP contribution in [0.4, 0.5) is 10.5 Å². The van der Waals surface area contributed by atoms with Gasteiger partial charge in [0.25, 0.3) is 5.91 Å².